The van der Waals surface area contributed by atoms with Gasteiger partial charge >= 0.3 is 0 Å². The number of nitro benzene ring substituents is 1. The van der Waals surface area contributed by atoms with Gasteiger partial charge in [-0.1, -0.05) is 35.3 Å². The molecule has 148 valence electrons. The number of hydrogen-bond acceptors (Lipinski definition) is 5. The highest BCUT2D eigenvalue weighted by Crippen LogP contribution is 2.27. The van der Waals surface area contributed by atoms with Gasteiger partial charge in [0.15, 0.2) is 9.84 Å². The summed E-state index contributed by atoms with van der Waals surface area (Å²) in [5, 5.41) is 11.8. The molecule has 1 aliphatic rings. The molecule has 1 aliphatic heterocycles. The molecule has 0 unspecified atom stereocenters. The van der Waals surface area contributed by atoms with Crippen LogP contribution in [0.4, 0.5) is 5.69 Å². The Balaban J connectivity index is 1.97. The van der Waals surface area contributed by atoms with E-state index in [1.807, 2.05) is 0 Å². The van der Waals surface area contributed by atoms with Crippen molar-refractivity contribution >= 4 is 44.6 Å². The van der Waals surface area contributed by atoms with Crippen LogP contribution in [0.5, 0.6) is 0 Å². The second-order valence-corrected chi connectivity index (χ2v) is 9.61. The van der Waals surface area contributed by atoms with Crippen molar-refractivity contribution in [3.05, 3.63) is 73.8 Å². The fraction of sp³-hybridized carbons (Fsp3) is 0.278. The lowest BCUT2D eigenvalue weighted by Gasteiger charge is -2.29. The first kappa shape index (κ1) is 20.6. The van der Waals surface area contributed by atoms with Crippen molar-refractivity contribution in [1.29, 1.82) is 0 Å². The molecule has 10 heteroatoms. The van der Waals surface area contributed by atoms with Crippen LogP contribution in [0, 0.1) is 10.1 Å². The van der Waals surface area contributed by atoms with Crippen LogP contribution in [0.15, 0.2) is 42.5 Å². The predicted octanol–water partition coefficient (Wildman–Crippen LogP) is 3.73. The van der Waals surface area contributed by atoms with Gasteiger partial charge in [-0.3, -0.25) is 14.9 Å². The average Bonchev–Trinajstić information content (AvgIpc) is 3.00. The first-order valence-corrected chi connectivity index (χ1v) is 10.9. The van der Waals surface area contributed by atoms with Crippen LogP contribution in [0.1, 0.15) is 22.3 Å². The molecule has 0 spiro atoms. The Morgan fingerprint density at radius 2 is 1.96 bits per heavy atom. The average molecular weight is 443 g/mol. The molecule has 1 saturated heterocycles. The van der Waals surface area contributed by atoms with Gasteiger partial charge in [0, 0.05) is 40.3 Å². The van der Waals surface area contributed by atoms with E-state index in [0.29, 0.717) is 22.0 Å². The van der Waals surface area contributed by atoms with Gasteiger partial charge in [-0.25, -0.2) is 8.42 Å². The number of hydrogen-bond donors (Lipinski definition) is 0. The summed E-state index contributed by atoms with van der Waals surface area (Å²) in [6.07, 6.45) is 0.300. The van der Waals surface area contributed by atoms with Crippen molar-refractivity contribution in [2.24, 2.45) is 0 Å². The van der Waals surface area contributed by atoms with Crippen LogP contribution >= 0.6 is 23.2 Å². The maximum atomic E-state index is 13.1. The standard InChI is InChI=1S/C18H16Cl2N2O5S/c19-14-5-4-13(17(20)9-14)10-21(16-6-7-28(26,27)11-16)18(23)12-2-1-3-15(8-12)22(24)25/h1-5,8-9,16H,6-7,10-11H2/t16-/m0/s1. The van der Waals surface area contributed by atoms with Crippen LogP contribution in [0.2, 0.25) is 10.0 Å². The Morgan fingerprint density at radius 3 is 2.57 bits per heavy atom. The lowest BCUT2D eigenvalue weighted by Crippen LogP contribution is -2.40. The summed E-state index contributed by atoms with van der Waals surface area (Å²) in [4.78, 5) is 25.0. The Kier molecular flexibility index (Phi) is 5.92. The first-order valence-electron chi connectivity index (χ1n) is 8.36. The maximum Gasteiger partial charge on any atom is 0.270 e. The minimum atomic E-state index is -3.24. The van der Waals surface area contributed by atoms with Crippen LogP contribution in [-0.2, 0) is 16.4 Å². The Bertz CT molecular complexity index is 1040. The number of nitro groups is 1. The molecule has 0 bridgehead atoms. The lowest BCUT2D eigenvalue weighted by atomic mass is 10.1. The Labute approximate surface area is 171 Å². The number of non-ortho nitro benzene ring substituents is 1. The largest absolute Gasteiger partial charge is 0.330 e. The smallest absolute Gasteiger partial charge is 0.270 e. The molecule has 7 nitrogen and oxygen atoms in total. The first-order chi connectivity index (χ1) is 13.2. The van der Waals surface area contributed by atoms with Crippen molar-refractivity contribution in [2.45, 2.75) is 19.0 Å². The molecule has 1 amide bonds. The number of carbonyl (C=O) groups is 1. The van der Waals surface area contributed by atoms with Gasteiger partial charge in [0.2, 0.25) is 0 Å². The van der Waals surface area contributed by atoms with Crippen molar-refractivity contribution in [2.75, 3.05) is 11.5 Å². The third-order valence-electron chi connectivity index (χ3n) is 4.57. The number of amides is 1. The molecule has 0 aliphatic carbocycles. The number of rotatable bonds is 5. The third-order valence-corrected chi connectivity index (χ3v) is 6.91. The highest BCUT2D eigenvalue weighted by Gasteiger charge is 2.35. The maximum absolute atomic E-state index is 13.1. The monoisotopic (exact) mass is 442 g/mol. The fourth-order valence-electron chi connectivity index (χ4n) is 3.14. The zero-order chi connectivity index (χ0) is 20.5. The second-order valence-electron chi connectivity index (χ2n) is 6.53. The number of nitrogens with zero attached hydrogens (tertiary/aromatic N) is 2. The Morgan fingerprint density at radius 1 is 1.21 bits per heavy atom. The number of halogens is 2. The number of sulfone groups is 1. The van der Waals surface area contributed by atoms with Gasteiger partial charge in [0.25, 0.3) is 11.6 Å². The van der Waals surface area contributed by atoms with Crippen molar-refractivity contribution in [1.82, 2.24) is 4.90 Å². The van der Waals surface area contributed by atoms with Crippen molar-refractivity contribution in [3.63, 3.8) is 0 Å². The number of benzene rings is 2. The van der Waals surface area contributed by atoms with E-state index in [0.717, 1.165) is 0 Å². The van der Waals surface area contributed by atoms with E-state index in [2.05, 4.69) is 0 Å². The highest BCUT2D eigenvalue weighted by molar-refractivity contribution is 7.91. The molecule has 1 heterocycles. The minimum Gasteiger partial charge on any atom is -0.330 e. The van der Waals surface area contributed by atoms with Crippen LogP contribution in [0.25, 0.3) is 0 Å². The summed E-state index contributed by atoms with van der Waals surface area (Å²) in [7, 11) is -3.24. The molecule has 0 saturated carbocycles. The predicted molar refractivity (Wildman–Crippen MR) is 106 cm³/mol. The van der Waals surface area contributed by atoms with Gasteiger partial charge in [0.1, 0.15) is 0 Å². The van der Waals surface area contributed by atoms with Gasteiger partial charge < -0.3 is 4.90 Å². The molecule has 2 aromatic carbocycles. The summed E-state index contributed by atoms with van der Waals surface area (Å²) in [5.74, 6) is -0.652. The SMILES string of the molecule is O=C(c1cccc([N+](=O)[O-])c1)N(Cc1ccc(Cl)cc1Cl)[C@H]1CCS(=O)(=O)C1. The van der Waals surface area contributed by atoms with Gasteiger partial charge in [0.05, 0.1) is 16.4 Å². The zero-order valence-corrected chi connectivity index (χ0v) is 16.9. The fourth-order valence-corrected chi connectivity index (χ4v) is 5.34. The second kappa shape index (κ2) is 8.06. The van der Waals surface area contributed by atoms with Crippen LogP contribution < -0.4 is 0 Å². The highest BCUT2D eigenvalue weighted by atomic mass is 35.5. The normalized spacial score (nSPS) is 18.0. The topological polar surface area (TPSA) is 97.6 Å². The van der Waals surface area contributed by atoms with Gasteiger partial charge in [-0.15, -0.1) is 0 Å². The van der Waals surface area contributed by atoms with E-state index in [4.69, 9.17) is 23.2 Å². The molecular formula is C18H16Cl2N2O5S. The molecule has 1 atom stereocenters. The summed E-state index contributed by atoms with van der Waals surface area (Å²) in [6, 6.07) is 9.66. The molecule has 2 aromatic rings. The summed E-state index contributed by atoms with van der Waals surface area (Å²) >= 11 is 12.1. The quantitative estimate of drug-likeness (QED) is 0.518. The summed E-state index contributed by atoms with van der Waals surface area (Å²) in [6.45, 7) is 0.0672. The van der Waals surface area contributed by atoms with E-state index in [1.54, 1.807) is 18.2 Å². The van der Waals surface area contributed by atoms with E-state index in [9.17, 15) is 23.3 Å². The summed E-state index contributed by atoms with van der Waals surface area (Å²) < 4.78 is 23.9. The van der Waals surface area contributed by atoms with Crippen LogP contribution in [0.3, 0.4) is 0 Å². The third kappa shape index (κ3) is 4.63. The van der Waals surface area contributed by atoms with Crippen molar-refractivity contribution < 1.29 is 18.1 Å². The molecule has 0 N–H and O–H groups in total. The Hall–Kier alpha value is -2.16. The molecule has 0 aromatic heterocycles. The van der Waals surface area contributed by atoms with Crippen LogP contribution in [-0.4, -0.2) is 41.7 Å². The molecule has 0 radical (unpaired) electrons. The zero-order valence-electron chi connectivity index (χ0n) is 14.5. The van der Waals surface area contributed by atoms with Crippen molar-refractivity contribution in [3.8, 4) is 0 Å². The molecular weight excluding hydrogens is 427 g/mol. The minimum absolute atomic E-state index is 0.00919. The van der Waals surface area contributed by atoms with E-state index < -0.39 is 26.7 Å². The summed E-state index contributed by atoms with van der Waals surface area (Å²) in [5.41, 5.74) is 0.507. The molecule has 3 rings (SSSR count). The van der Waals surface area contributed by atoms with Gasteiger partial charge in [-0.05, 0) is 30.2 Å². The van der Waals surface area contributed by atoms with E-state index in [-0.39, 0.29) is 29.3 Å². The van der Waals surface area contributed by atoms with Gasteiger partial charge in [-0.2, -0.15) is 0 Å². The lowest BCUT2D eigenvalue weighted by molar-refractivity contribution is -0.384. The van der Waals surface area contributed by atoms with E-state index in [1.165, 1.54) is 29.2 Å². The molecule has 1 fully saturated rings. The number of carbonyl (C=O) groups excluding carboxylic acids is 1. The molecule has 28 heavy (non-hydrogen) atoms. The van der Waals surface area contributed by atoms with E-state index >= 15 is 0 Å².